The predicted molar refractivity (Wildman–Crippen MR) is 135 cm³/mol. The highest BCUT2D eigenvalue weighted by Crippen LogP contribution is 2.77. The molecule has 5 rings (SSSR count). The van der Waals surface area contributed by atoms with E-state index in [0.717, 1.165) is 35.5 Å². The molecular formula is C31H54O. The molecule has 0 heterocycles. The van der Waals surface area contributed by atoms with Crippen LogP contribution in [0.1, 0.15) is 120 Å². The van der Waals surface area contributed by atoms with Crippen molar-refractivity contribution in [2.75, 3.05) is 7.11 Å². The summed E-state index contributed by atoms with van der Waals surface area (Å²) >= 11 is 0. The van der Waals surface area contributed by atoms with E-state index >= 15 is 0 Å². The minimum Gasteiger partial charge on any atom is -0.381 e. The zero-order valence-corrected chi connectivity index (χ0v) is 23.0. The molecule has 5 aliphatic rings. The normalized spacial score (nSPS) is 56.8. The van der Waals surface area contributed by atoms with E-state index in [9.17, 15) is 0 Å². The summed E-state index contributed by atoms with van der Waals surface area (Å²) in [6.45, 7) is 21.2. The van der Waals surface area contributed by atoms with Crippen LogP contribution in [0.25, 0.3) is 0 Å². The summed E-state index contributed by atoms with van der Waals surface area (Å²) in [6, 6.07) is 0. The van der Waals surface area contributed by atoms with Gasteiger partial charge in [-0.3, -0.25) is 0 Å². The molecule has 32 heavy (non-hydrogen) atoms. The third-order valence-electron chi connectivity index (χ3n) is 14.0. The second-order valence-electron chi connectivity index (χ2n) is 15.4. The summed E-state index contributed by atoms with van der Waals surface area (Å²) in [5.41, 5.74) is 2.48. The molecule has 1 heteroatoms. The van der Waals surface area contributed by atoms with Gasteiger partial charge in [0.25, 0.3) is 0 Å². The summed E-state index contributed by atoms with van der Waals surface area (Å²) < 4.78 is 6.06. The highest BCUT2D eigenvalue weighted by molar-refractivity contribution is 5.19. The van der Waals surface area contributed by atoms with Gasteiger partial charge in [0.05, 0.1) is 6.10 Å². The lowest BCUT2D eigenvalue weighted by Gasteiger charge is -2.73. The second-order valence-corrected chi connectivity index (χ2v) is 15.4. The van der Waals surface area contributed by atoms with Crippen molar-refractivity contribution in [3.05, 3.63) is 0 Å². The Morgan fingerprint density at radius 2 is 1.41 bits per heavy atom. The number of methoxy groups -OCH3 is 1. The van der Waals surface area contributed by atoms with E-state index in [4.69, 9.17) is 4.74 Å². The number of rotatable bonds is 2. The van der Waals surface area contributed by atoms with Crippen molar-refractivity contribution >= 4 is 0 Å². The molecule has 10 atom stereocenters. The van der Waals surface area contributed by atoms with Gasteiger partial charge in [-0.05, 0) is 127 Å². The van der Waals surface area contributed by atoms with E-state index in [1.54, 1.807) is 0 Å². The van der Waals surface area contributed by atoms with Crippen molar-refractivity contribution in [2.45, 2.75) is 126 Å². The second kappa shape index (κ2) is 7.24. The van der Waals surface area contributed by atoms with Crippen molar-refractivity contribution in [3.63, 3.8) is 0 Å². The molecule has 5 saturated carbocycles. The van der Waals surface area contributed by atoms with E-state index in [0.29, 0.717) is 33.2 Å². The van der Waals surface area contributed by atoms with Crippen molar-refractivity contribution in [3.8, 4) is 0 Å². The first-order valence-corrected chi connectivity index (χ1v) is 14.4. The molecule has 0 radical (unpaired) electrons. The van der Waals surface area contributed by atoms with Crippen molar-refractivity contribution in [1.82, 2.24) is 0 Å². The monoisotopic (exact) mass is 442 g/mol. The number of hydrogen-bond acceptors (Lipinski definition) is 1. The van der Waals surface area contributed by atoms with Crippen LogP contribution >= 0.6 is 0 Å². The van der Waals surface area contributed by atoms with Crippen LogP contribution in [0.2, 0.25) is 0 Å². The maximum atomic E-state index is 6.06. The van der Waals surface area contributed by atoms with Gasteiger partial charge in [0.1, 0.15) is 0 Å². The van der Waals surface area contributed by atoms with Gasteiger partial charge in [-0.1, -0.05) is 55.4 Å². The molecule has 1 nitrogen and oxygen atoms in total. The molecule has 0 aliphatic heterocycles. The maximum absolute atomic E-state index is 6.06. The molecule has 0 bridgehead atoms. The Morgan fingerprint density at radius 3 is 2.06 bits per heavy atom. The van der Waals surface area contributed by atoms with Crippen LogP contribution in [-0.4, -0.2) is 13.2 Å². The molecule has 0 unspecified atom stereocenters. The number of hydrogen-bond donors (Lipinski definition) is 0. The van der Waals surface area contributed by atoms with Gasteiger partial charge in [-0.15, -0.1) is 0 Å². The zero-order valence-electron chi connectivity index (χ0n) is 23.0. The van der Waals surface area contributed by atoms with Gasteiger partial charge in [-0.2, -0.15) is 0 Å². The van der Waals surface area contributed by atoms with Crippen LogP contribution in [0.5, 0.6) is 0 Å². The standard InChI is InChI=1S/C31H54O/c1-20(2)21-12-15-28(5)18-19-30(7)22(26(21)28)10-11-24-29(6)16-14-25(32-9)27(3,4)23(29)13-17-31(24,30)8/h20-26H,10-19H2,1-9H3/t21-,22+,23-,24+,25-,26+,28+,29-,30+,31+/m0/s1. The molecule has 0 aromatic heterocycles. The molecule has 184 valence electrons. The molecule has 5 aliphatic carbocycles. The van der Waals surface area contributed by atoms with Gasteiger partial charge in [0, 0.05) is 7.11 Å². The Hall–Kier alpha value is -0.0400. The van der Waals surface area contributed by atoms with Gasteiger partial charge >= 0.3 is 0 Å². The van der Waals surface area contributed by atoms with E-state index in [1.165, 1.54) is 64.2 Å². The average molecular weight is 443 g/mol. The molecule has 0 aromatic rings. The third kappa shape index (κ3) is 2.79. The third-order valence-corrected chi connectivity index (χ3v) is 14.0. The van der Waals surface area contributed by atoms with Crippen molar-refractivity contribution in [2.24, 2.45) is 62.6 Å². The highest BCUT2D eigenvalue weighted by atomic mass is 16.5. The fourth-order valence-corrected chi connectivity index (χ4v) is 12.1. The van der Waals surface area contributed by atoms with Gasteiger partial charge in [0.15, 0.2) is 0 Å². The summed E-state index contributed by atoms with van der Waals surface area (Å²) in [4.78, 5) is 0. The van der Waals surface area contributed by atoms with E-state index < -0.39 is 0 Å². The lowest BCUT2D eigenvalue weighted by atomic mass is 9.32. The fourth-order valence-electron chi connectivity index (χ4n) is 12.1. The Kier molecular flexibility index (Phi) is 5.36. The molecule has 0 amide bonds. The van der Waals surface area contributed by atoms with Gasteiger partial charge in [0.2, 0.25) is 0 Å². The lowest BCUT2D eigenvalue weighted by molar-refractivity contribution is -0.249. The van der Waals surface area contributed by atoms with Gasteiger partial charge < -0.3 is 4.74 Å². The topological polar surface area (TPSA) is 9.23 Å². The highest BCUT2D eigenvalue weighted by Gasteiger charge is 2.70. The van der Waals surface area contributed by atoms with E-state index in [-0.39, 0.29) is 0 Å². The Bertz CT molecular complexity index is 739. The summed E-state index contributed by atoms with van der Waals surface area (Å²) in [5.74, 6) is 5.47. The van der Waals surface area contributed by atoms with E-state index in [1.807, 2.05) is 7.11 Å². The number of fused-ring (bicyclic) bond motifs is 7. The Morgan fingerprint density at radius 1 is 0.688 bits per heavy atom. The van der Waals surface area contributed by atoms with Crippen LogP contribution in [0.3, 0.4) is 0 Å². The first-order valence-electron chi connectivity index (χ1n) is 14.4. The first-order chi connectivity index (χ1) is 14.8. The van der Waals surface area contributed by atoms with E-state index in [2.05, 4.69) is 55.4 Å². The van der Waals surface area contributed by atoms with Crippen LogP contribution in [0, 0.1) is 62.6 Å². The Labute approximate surface area is 200 Å². The minimum absolute atomic E-state index is 0.306. The SMILES string of the molecule is CO[C@H]1CC[C@]2(C)[C@H]3CC[C@@H]4[C@H]5[C@H](C(C)C)CC[C@]5(C)CC[C@@]4(C)[C@]3(C)CC[C@H]2C1(C)C. The first kappa shape index (κ1) is 23.7. The maximum Gasteiger partial charge on any atom is 0.0625 e. The number of ether oxygens (including phenoxy) is 1. The largest absolute Gasteiger partial charge is 0.381 e. The van der Waals surface area contributed by atoms with Crippen LogP contribution in [0.15, 0.2) is 0 Å². The van der Waals surface area contributed by atoms with Gasteiger partial charge in [-0.25, -0.2) is 0 Å². The predicted octanol–water partition coefficient (Wildman–Crippen LogP) is 8.76. The quantitative estimate of drug-likeness (QED) is 0.415. The summed E-state index contributed by atoms with van der Waals surface area (Å²) in [5, 5.41) is 0. The van der Waals surface area contributed by atoms with Crippen molar-refractivity contribution < 1.29 is 4.74 Å². The van der Waals surface area contributed by atoms with Crippen LogP contribution in [0.4, 0.5) is 0 Å². The average Bonchev–Trinajstić information content (AvgIpc) is 3.06. The fraction of sp³-hybridized carbons (Fsp3) is 1.00. The van der Waals surface area contributed by atoms with Crippen LogP contribution in [-0.2, 0) is 4.74 Å². The molecule has 0 spiro atoms. The summed E-state index contributed by atoms with van der Waals surface area (Å²) in [7, 11) is 1.96. The summed E-state index contributed by atoms with van der Waals surface area (Å²) in [6.07, 6.45) is 15.0. The molecule has 0 aromatic carbocycles. The minimum atomic E-state index is 0.306. The molecule has 5 fully saturated rings. The lowest BCUT2D eigenvalue weighted by Crippen LogP contribution is -2.66. The van der Waals surface area contributed by atoms with Crippen molar-refractivity contribution in [1.29, 1.82) is 0 Å². The zero-order chi connectivity index (χ0) is 23.3. The molecule has 0 N–H and O–H groups in total. The Balaban J connectivity index is 1.52. The molecular weight excluding hydrogens is 388 g/mol. The smallest absolute Gasteiger partial charge is 0.0625 e. The molecule has 0 saturated heterocycles. The van der Waals surface area contributed by atoms with Crippen LogP contribution < -0.4 is 0 Å².